The molecule has 2 saturated carbocycles. The summed E-state index contributed by atoms with van der Waals surface area (Å²) in [5.74, 6) is 1.70. The molecule has 2 nitrogen and oxygen atoms in total. The van der Waals surface area contributed by atoms with Crippen LogP contribution in [0.1, 0.15) is 39.5 Å². The molecule has 4 atom stereocenters. The van der Waals surface area contributed by atoms with Gasteiger partial charge in [0.05, 0.1) is 3.92 Å². The fraction of sp³-hybridized carbons (Fsp3) is 0.917. The van der Waals surface area contributed by atoms with Gasteiger partial charge in [0.15, 0.2) is 0 Å². The number of halogens is 1. The normalized spacial score (nSPS) is 51.4. The van der Waals surface area contributed by atoms with Gasteiger partial charge in [-0.05, 0) is 36.5 Å². The van der Waals surface area contributed by atoms with E-state index in [1.54, 1.807) is 0 Å². The standard InChI is InChI=1S/C12H17IO2/c1-11(2)7-5-9(13)12(6-8(7)11)4-3-10(14)15-12/h7-9H,3-6H2,1-2H3/t7-,8+,9-,12-/m1/s1. The highest BCUT2D eigenvalue weighted by molar-refractivity contribution is 14.1. The Labute approximate surface area is 104 Å². The van der Waals surface area contributed by atoms with Crippen LogP contribution >= 0.6 is 22.6 Å². The van der Waals surface area contributed by atoms with Gasteiger partial charge >= 0.3 is 5.97 Å². The molecule has 3 fully saturated rings. The van der Waals surface area contributed by atoms with Crippen LogP contribution in [0.4, 0.5) is 0 Å². The fourth-order valence-electron chi connectivity index (χ4n) is 3.68. The van der Waals surface area contributed by atoms with Gasteiger partial charge in [0.2, 0.25) is 0 Å². The fourth-order valence-corrected chi connectivity index (χ4v) is 4.92. The van der Waals surface area contributed by atoms with Crippen molar-refractivity contribution in [2.24, 2.45) is 17.3 Å². The summed E-state index contributed by atoms with van der Waals surface area (Å²) in [4.78, 5) is 11.3. The molecule has 1 saturated heterocycles. The molecule has 0 aromatic heterocycles. The maximum atomic E-state index is 11.3. The Morgan fingerprint density at radius 1 is 1.40 bits per heavy atom. The molecule has 1 spiro atoms. The molecule has 0 N–H and O–H groups in total. The summed E-state index contributed by atoms with van der Waals surface area (Å²) in [6, 6.07) is 0. The Hall–Kier alpha value is 0.200. The molecule has 3 rings (SSSR count). The first-order valence-electron chi connectivity index (χ1n) is 5.82. The lowest BCUT2D eigenvalue weighted by Crippen LogP contribution is -2.42. The average molecular weight is 320 g/mol. The van der Waals surface area contributed by atoms with Crippen molar-refractivity contribution in [3.8, 4) is 0 Å². The highest BCUT2D eigenvalue weighted by Crippen LogP contribution is 2.68. The van der Waals surface area contributed by atoms with Gasteiger partial charge in [-0.2, -0.15) is 0 Å². The van der Waals surface area contributed by atoms with Crippen molar-refractivity contribution < 1.29 is 9.53 Å². The highest BCUT2D eigenvalue weighted by Gasteiger charge is 2.66. The number of fused-ring (bicyclic) bond motifs is 1. The van der Waals surface area contributed by atoms with Gasteiger partial charge in [0, 0.05) is 6.42 Å². The Bertz CT molecular complexity index is 326. The zero-order chi connectivity index (χ0) is 10.8. The van der Waals surface area contributed by atoms with Crippen LogP contribution in [0.5, 0.6) is 0 Å². The molecular formula is C12H17IO2. The summed E-state index contributed by atoms with van der Waals surface area (Å²) in [5, 5.41) is 0. The molecule has 2 aliphatic carbocycles. The number of hydrogen-bond donors (Lipinski definition) is 0. The maximum Gasteiger partial charge on any atom is 0.306 e. The van der Waals surface area contributed by atoms with E-state index in [2.05, 4.69) is 36.4 Å². The monoisotopic (exact) mass is 320 g/mol. The van der Waals surface area contributed by atoms with Crippen LogP contribution in [0.25, 0.3) is 0 Å². The van der Waals surface area contributed by atoms with Crippen molar-refractivity contribution in [3.63, 3.8) is 0 Å². The zero-order valence-electron chi connectivity index (χ0n) is 9.25. The van der Waals surface area contributed by atoms with E-state index in [0.717, 1.165) is 24.7 Å². The van der Waals surface area contributed by atoms with Crippen LogP contribution in [0, 0.1) is 17.3 Å². The lowest BCUT2D eigenvalue weighted by molar-refractivity contribution is -0.150. The molecule has 1 aliphatic heterocycles. The van der Waals surface area contributed by atoms with E-state index in [0.29, 0.717) is 15.8 Å². The van der Waals surface area contributed by atoms with E-state index in [9.17, 15) is 4.79 Å². The molecule has 0 radical (unpaired) electrons. The largest absolute Gasteiger partial charge is 0.458 e. The predicted molar refractivity (Wildman–Crippen MR) is 65.9 cm³/mol. The maximum absolute atomic E-state index is 11.3. The van der Waals surface area contributed by atoms with Crippen molar-refractivity contribution >= 4 is 28.6 Å². The second kappa shape index (κ2) is 2.90. The number of carbonyl (C=O) groups excluding carboxylic acids is 1. The molecule has 3 heteroatoms. The molecule has 0 amide bonds. The first kappa shape index (κ1) is 10.4. The summed E-state index contributed by atoms with van der Waals surface area (Å²) in [6.07, 6.45) is 3.95. The topological polar surface area (TPSA) is 26.3 Å². The quantitative estimate of drug-likeness (QED) is 0.390. The molecule has 0 aromatic carbocycles. The number of carbonyl (C=O) groups is 1. The summed E-state index contributed by atoms with van der Waals surface area (Å²) < 4.78 is 6.18. The number of esters is 1. The van der Waals surface area contributed by atoms with Crippen LogP contribution in [0.2, 0.25) is 0 Å². The van der Waals surface area contributed by atoms with Gasteiger partial charge in [-0.1, -0.05) is 36.4 Å². The van der Waals surface area contributed by atoms with Crippen molar-refractivity contribution in [2.45, 2.75) is 49.1 Å². The van der Waals surface area contributed by atoms with Gasteiger partial charge in [0.1, 0.15) is 5.60 Å². The van der Waals surface area contributed by atoms with Crippen molar-refractivity contribution in [1.29, 1.82) is 0 Å². The minimum Gasteiger partial charge on any atom is -0.458 e. The summed E-state index contributed by atoms with van der Waals surface area (Å²) in [7, 11) is 0. The number of rotatable bonds is 0. The van der Waals surface area contributed by atoms with E-state index >= 15 is 0 Å². The lowest BCUT2D eigenvalue weighted by Gasteiger charge is -2.36. The lowest BCUT2D eigenvalue weighted by atomic mass is 9.83. The van der Waals surface area contributed by atoms with Crippen molar-refractivity contribution in [2.75, 3.05) is 0 Å². The van der Waals surface area contributed by atoms with Gasteiger partial charge in [0.25, 0.3) is 0 Å². The van der Waals surface area contributed by atoms with Crippen LogP contribution < -0.4 is 0 Å². The van der Waals surface area contributed by atoms with Crippen LogP contribution in [0.15, 0.2) is 0 Å². The van der Waals surface area contributed by atoms with E-state index in [-0.39, 0.29) is 11.6 Å². The Morgan fingerprint density at radius 2 is 2.13 bits per heavy atom. The van der Waals surface area contributed by atoms with Crippen LogP contribution in [-0.4, -0.2) is 15.5 Å². The highest BCUT2D eigenvalue weighted by atomic mass is 127. The van der Waals surface area contributed by atoms with E-state index < -0.39 is 0 Å². The minimum atomic E-state index is -0.0907. The third-order valence-electron chi connectivity index (χ3n) is 4.95. The molecule has 84 valence electrons. The minimum absolute atomic E-state index is 0.0218. The second-order valence-corrected chi connectivity index (χ2v) is 7.48. The molecular weight excluding hydrogens is 303 g/mol. The molecule has 3 aliphatic rings. The molecule has 0 unspecified atom stereocenters. The van der Waals surface area contributed by atoms with E-state index in [1.165, 1.54) is 6.42 Å². The number of ether oxygens (including phenoxy) is 1. The predicted octanol–water partition coefficient (Wildman–Crippen LogP) is 2.93. The average Bonchev–Trinajstić information content (AvgIpc) is 2.55. The Balaban J connectivity index is 1.84. The number of alkyl halides is 1. The molecule has 0 aromatic rings. The first-order chi connectivity index (χ1) is 6.96. The molecule has 1 heterocycles. The summed E-state index contributed by atoms with van der Waals surface area (Å²) in [5.41, 5.74) is 0.411. The van der Waals surface area contributed by atoms with E-state index in [4.69, 9.17) is 4.74 Å². The van der Waals surface area contributed by atoms with Crippen LogP contribution in [0.3, 0.4) is 0 Å². The van der Waals surface area contributed by atoms with Crippen molar-refractivity contribution in [3.05, 3.63) is 0 Å². The summed E-state index contributed by atoms with van der Waals surface area (Å²) in [6.45, 7) is 4.73. The van der Waals surface area contributed by atoms with Crippen LogP contribution in [-0.2, 0) is 9.53 Å². The van der Waals surface area contributed by atoms with Crippen molar-refractivity contribution in [1.82, 2.24) is 0 Å². The SMILES string of the molecule is CC1(C)[C@@H]2C[C@@H](I)[C@@]3(CCC(=O)O3)C[C@@H]21. The third kappa shape index (κ3) is 1.31. The number of hydrogen-bond acceptors (Lipinski definition) is 2. The van der Waals surface area contributed by atoms with Gasteiger partial charge in [-0.25, -0.2) is 0 Å². The zero-order valence-corrected chi connectivity index (χ0v) is 11.4. The molecule has 0 bridgehead atoms. The Kier molecular flexibility index (Phi) is 2.00. The third-order valence-corrected chi connectivity index (χ3v) is 6.60. The Morgan fingerprint density at radius 3 is 2.73 bits per heavy atom. The first-order valence-corrected chi connectivity index (χ1v) is 7.06. The second-order valence-electron chi connectivity index (χ2n) is 5.98. The van der Waals surface area contributed by atoms with E-state index in [1.807, 2.05) is 0 Å². The van der Waals surface area contributed by atoms with Gasteiger partial charge in [-0.15, -0.1) is 0 Å². The van der Waals surface area contributed by atoms with Gasteiger partial charge in [-0.3, -0.25) is 4.79 Å². The van der Waals surface area contributed by atoms with Gasteiger partial charge < -0.3 is 4.74 Å². The smallest absolute Gasteiger partial charge is 0.306 e. The summed E-state index contributed by atoms with van der Waals surface area (Å²) >= 11 is 2.50. The molecule has 15 heavy (non-hydrogen) atoms.